The van der Waals surface area contributed by atoms with Gasteiger partial charge in [0.05, 0.1) is 6.54 Å². The average molecular weight is 260 g/mol. The van der Waals surface area contributed by atoms with Crippen LogP contribution in [0.1, 0.15) is 11.1 Å². The summed E-state index contributed by atoms with van der Waals surface area (Å²) >= 11 is 1.55. The molecule has 2 N–H and O–H groups in total. The van der Waals surface area contributed by atoms with Crippen molar-refractivity contribution in [3.8, 4) is 0 Å². The first kappa shape index (κ1) is 12.9. The van der Waals surface area contributed by atoms with Crippen molar-refractivity contribution in [1.82, 2.24) is 0 Å². The number of primary amides is 1. The molecule has 3 nitrogen and oxygen atoms in total. The van der Waals surface area contributed by atoms with Gasteiger partial charge >= 0.3 is 0 Å². The molecule has 1 aliphatic rings. The number of nitrogens with two attached hydrogens (primary N) is 1. The van der Waals surface area contributed by atoms with E-state index < -0.39 is 5.41 Å². The van der Waals surface area contributed by atoms with Gasteiger partial charge in [-0.05, 0) is 30.4 Å². The maximum Gasteiger partial charge on any atom is 0.235 e. The van der Waals surface area contributed by atoms with Crippen molar-refractivity contribution < 1.29 is 4.79 Å². The first-order valence-electron chi connectivity index (χ1n) is 5.73. The van der Waals surface area contributed by atoms with Gasteiger partial charge in [-0.25, -0.2) is 0 Å². The van der Waals surface area contributed by atoms with Crippen molar-refractivity contribution in [1.29, 1.82) is 0 Å². The number of amides is 1. The van der Waals surface area contributed by atoms with Crippen LogP contribution in [-0.2, 0) is 10.2 Å². The van der Waals surface area contributed by atoms with E-state index in [1.165, 1.54) is 0 Å². The van der Waals surface area contributed by atoms with Gasteiger partial charge in [-0.1, -0.05) is 24.3 Å². The number of thioether (sulfide) groups is 1. The number of aryl methyl sites for hydroxylation is 1. The van der Waals surface area contributed by atoms with E-state index in [-0.39, 0.29) is 5.91 Å². The molecule has 4 heteroatoms. The van der Waals surface area contributed by atoms with E-state index in [1.807, 2.05) is 43.5 Å². The Kier molecular flexibility index (Phi) is 3.57. The molecule has 0 fully saturated rings. The molecule has 1 unspecified atom stereocenters. The molecule has 2 rings (SSSR count). The largest absolute Gasteiger partial charge is 0.369 e. The molecule has 0 aliphatic carbocycles. The van der Waals surface area contributed by atoms with Gasteiger partial charge < -0.3 is 5.73 Å². The van der Waals surface area contributed by atoms with Gasteiger partial charge in [0.15, 0.2) is 0 Å². The lowest BCUT2D eigenvalue weighted by Crippen LogP contribution is -2.46. The summed E-state index contributed by atoms with van der Waals surface area (Å²) in [6.45, 7) is 2.39. The number of hydrogen-bond acceptors (Lipinski definition) is 3. The Morgan fingerprint density at radius 3 is 2.78 bits per heavy atom. The molecule has 0 aromatic heterocycles. The number of allylic oxidation sites excluding steroid dienone is 1. The minimum Gasteiger partial charge on any atom is -0.369 e. The van der Waals surface area contributed by atoms with Crippen molar-refractivity contribution >= 4 is 23.9 Å². The van der Waals surface area contributed by atoms with Crippen LogP contribution in [0.25, 0.3) is 0 Å². The van der Waals surface area contributed by atoms with Crippen molar-refractivity contribution in [3.63, 3.8) is 0 Å². The van der Waals surface area contributed by atoms with Gasteiger partial charge in [0.1, 0.15) is 5.41 Å². The molecular formula is C14H16N2OS. The molecule has 0 saturated heterocycles. The Bertz CT molecular complexity index is 536. The summed E-state index contributed by atoms with van der Waals surface area (Å²) in [6.07, 6.45) is 5.58. The third kappa shape index (κ3) is 1.86. The fourth-order valence-electron chi connectivity index (χ4n) is 2.37. The number of rotatable bonds is 3. The topological polar surface area (TPSA) is 55.4 Å². The van der Waals surface area contributed by atoms with E-state index in [4.69, 9.17) is 5.73 Å². The van der Waals surface area contributed by atoms with Crippen LogP contribution in [0.2, 0.25) is 0 Å². The molecule has 0 spiro atoms. The summed E-state index contributed by atoms with van der Waals surface area (Å²) in [7, 11) is 0. The van der Waals surface area contributed by atoms with E-state index in [0.717, 1.165) is 16.0 Å². The van der Waals surface area contributed by atoms with Crippen molar-refractivity contribution in [2.75, 3.05) is 12.8 Å². The summed E-state index contributed by atoms with van der Waals surface area (Å²) < 4.78 is 0. The standard InChI is InChI=1S/C14H16N2OS/c1-10-5-3-4-6-11(10)14(13(15)17)9-16-8-7-12(14)18-2/h3-8H,9H2,1-2H3,(H2,15,17). The molecule has 0 radical (unpaired) electrons. The van der Waals surface area contributed by atoms with Gasteiger partial charge in [0.2, 0.25) is 5.91 Å². The zero-order valence-corrected chi connectivity index (χ0v) is 11.3. The molecule has 1 heterocycles. The normalized spacial score (nSPS) is 22.7. The molecule has 0 saturated carbocycles. The second kappa shape index (κ2) is 4.98. The van der Waals surface area contributed by atoms with E-state index in [2.05, 4.69) is 4.99 Å². The fourth-order valence-corrected chi connectivity index (χ4v) is 3.19. The van der Waals surface area contributed by atoms with Crippen LogP contribution in [0.4, 0.5) is 0 Å². The van der Waals surface area contributed by atoms with Crippen LogP contribution in [0.3, 0.4) is 0 Å². The van der Waals surface area contributed by atoms with Crippen LogP contribution in [0.15, 0.2) is 40.2 Å². The molecule has 1 aromatic carbocycles. The number of benzene rings is 1. The summed E-state index contributed by atoms with van der Waals surface area (Å²) in [5.41, 5.74) is 6.91. The lowest BCUT2D eigenvalue weighted by atomic mass is 9.76. The van der Waals surface area contributed by atoms with Crippen LogP contribution >= 0.6 is 11.8 Å². The molecule has 0 bridgehead atoms. The Morgan fingerprint density at radius 1 is 1.44 bits per heavy atom. The predicted octanol–water partition coefficient (Wildman–Crippen LogP) is 2.05. The quantitative estimate of drug-likeness (QED) is 0.904. The van der Waals surface area contributed by atoms with E-state index in [0.29, 0.717) is 6.54 Å². The SMILES string of the molecule is CSC1=CC=NCC1(C(N)=O)c1ccccc1C. The van der Waals surface area contributed by atoms with Crippen LogP contribution < -0.4 is 5.73 Å². The second-order valence-electron chi connectivity index (χ2n) is 4.31. The number of nitrogens with zero attached hydrogens (tertiary/aromatic N) is 1. The third-order valence-corrected chi connectivity index (χ3v) is 4.25. The highest BCUT2D eigenvalue weighted by Gasteiger charge is 2.43. The minimum absolute atomic E-state index is 0.339. The first-order valence-corrected chi connectivity index (χ1v) is 6.96. The van der Waals surface area contributed by atoms with Gasteiger partial charge in [-0.2, -0.15) is 0 Å². The summed E-state index contributed by atoms with van der Waals surface area (Å²) in [6, 6.07) is 7.85. The highest BCUT2D eigenvalue weighted by Crippen LogP contribution is 2.40. The lowest BCUT2D eigenvalue weighted by Gasteiger charge is -2.34. The fraction of sp³-hybridized carbons (Fsp3) is 0.286. The van der Waals surface area contributed by atoms with Gasteiger partial charge in [0, 0.05) is 11.1 Å². The summed E-state index contributed by atoms with van der Waals surface area (Å²) in [4.78, 5) is 17.3. The predicted molar refractivity (Wildman–Crippen MR) is 77.0 cm³/mol. The summed E-state index contributed by atoms with van der Waals surface area (Å²) in [5, 5.41) is 0. The van der Waals surface area contributed by atoms with Crippen LogP contribution in [0, 0.1) is 6.92 Å². The Balaban J connectivity index is 2.66. The Morgan fingerprint density at radius 2 is 2.17 bits per heavy atom. The minimum atomic E-state index is -0.806. The number of carbonyl (C=O) groups excluding carboxylic acids is 1. The van der Waals surface area contributed by atoms with Gasteiger partial charge in [0.25, 0.3) is 0 Å². The van der Waals surface area contributed by atoms with Crippen LogP contribution in [0.5, 0.6) is 0 Å². The molecule has 18 heavy (non-hydrogen) atoms. The number of hydrogen-bond donors (Lipinski definition) is 1. The Hall–Kier alpha value is -1.55. The van der Waals surface area contributed by atoms with Crippen LogP contribution in [-0.4, -0.2) is 24.9 Å². The molecule has 1 aromatic rings. The maximum absolute atomic E-state index is 12.1. The second-order valence-corrected chi connectivity index (χ2v) is 5.16. The van der Waals surface area contributed by atoms with E-state index in [9.17, 15) is 4.79 Å². The molecule has 1 amide bonds. The molecule has 94 valence electrons. The first-order chi connectivity index (χ1) is 8.63. The zero-order chi connectivity index (χ0) is 13.2. The van der Waals surface area contributed by atoms with Gasteiger partial charge in [-0.3, -0.25) is 9.79 Å². The third-order valence-electron chi connectivity index (χ3n) is 3.33. The van der Waals surface area contributed by atoms with Crippen molar-refractivity contribution in [2.45, 2.75) is 12.3 Å². The summed E-state index contributed by atoms with van der Waals surface area (Å²) in [5.74, 6) is -0.339. The average Bonchev–Trinajstić information content (AvgIpc) is 2.39. The highest BCUT2D eigenvalue weighted by molar-refractivity contribution is 8.02. The maximum atomic E-state index is 12.1. The molecule has 1 atom stereocenters. The number of aliphatic imine (C=N–C) groups is 1. The zero-order valence-electron chi connectivity index (χ0n) is 10.5. The van der Waals surface area contributed by atoms with Crippen molar-refractivity contribution in [2.24, 2.45) is 10.7 Å². The lowest BCUT2D eigenvalue weighted by molar-refractivity contribution is -0.121. The highest BCUT2D eigenvalue weighted by atomic mass is 32.2. The van der Waals surface area contributed by atoms with E-state index in [1.54, 1.807) is 18.0 Å². The van der Waals surface area contributed by atoms with Crippen molar-refractivity contribution in [3.05, 3.63) is 46.4 Å². The number of carbonyl (C=O) groups is 1. The monoisotopic (exact) mass is 260 g/mol. The smallest absolute Gasteiger partial charge is 0.235 e. The molecular weight excluding hydrogens is 244 g/mol. The van der Waals surface area contributed by atoms with E-state index >= 15 is 0 Å². The molecule has 1 aliphatic heterocycles. The number of dihydropyridines is 1. The Labute approximate surface area is 111 Å². The van der Waals surface area contributed by atoms with Gasteiger partial charge in [-0.15, -0.1) is 11.8 Å².